The lowest BCUT2D eigenvalue weighted by Crippen LogP contribution is -2.46. The number of esters is 1. The van der Waals surface area contributed by atoms with Crippen molar-refractivity contribution < 1.29 is 19.1 Å². The van der Waals surface area contributed by atoms with E-state index >= 15 is 0 Å². The Balaban J connectivity index is 4.00. The number of likely N-dealkylation sites (N-methyl/N-ethyl adjacent to an activating group) is 1. The van der Waals surface area contributed by atoms with Gasteiger partial charge in [-0.05, 0) is 18.8 Å². The molecule has 0 radical (unpaired) electrons. The van der Waals surface area contributed by atoms with E-state index < -0.39 is 12.1 Å². The summed E-state index contributed by atoms with van der Waals surface area (Å²) in [6, 6.07) is -0.601. The molecule has 0 spiro atoms. The van der Waals surface area contributed by atoms with E-state index in [-0.39, 0.29) is 11.9 Å². The van der Waals surface area contributed by atoms with Crippen molar-refractivity contribution in [3.05, 3.63) is 0 Å². The Morgan fingerprint density at radius 3 is 1.53 bits per heavy atom. The van der Waals surface area contributed by atoms with E-state index in [1.165, 1.54) is 56.3 Å². The molecule has 0 aliphatic carbocycles. The van der Waals surface area contributed by atoms with Crippen LogP contribution in [0.2, 0.25) is 0 Å². The van der Waals surface area contributed by atoms with Gasteiger partial charge < -0.3 is 9.47 Å². The van der Waals surface area contributed by atoms with Crippen LogP contribution in [-0.4, -0.2) is 43.3 Å². The number of rotatable bonds is 19. The number of carbonyl (C=O) groups excluding carboxylic acids is 2. The number of hydrogen-bond acceptors (Lipinski definition) is 4. The van der Waals surface area contributed by atoms with E-state index in [2.05, 4.69) is 13.8 Å². The number of carbonyl (C=O) groups is 2. The summed E-state index contributed by atoms with van der Waals surface area (Å²) in [4.78, 5) is 26.2. The maximum absolute atomic E-state index is 12.5. The SMILES string of the molecule is CCCCCCCCCCCCOC(=O)C(C(C)C)N(C)C(=O)OCCCCCC. The Morgan fingerprint density at radius 1 is 0.667 bits per heavy atom. The number of unbranched alkanes of at least 4 members (excludes halogenated alkanes) is 12. The minimum absolute atomic E-state index is 0.0251. The predicted molar refractivity (Wildman–Crippen MR) is 125 cm³/mol. The molecule has 0 N–H and O–H groups in total. The second-order valence-electron chi connectivity index (χ2n) is 8.82. The summed E-state index contributed by atoms with van der Waals surface area (Å²) in [5, 5.41) is 0. The normalized spacial score (nSPS) is 12.1. The monoisotopic (exact) mass is 427 g/mol. The summed E-state index contributed by atoms with van der Waals surface area (Å²) < 4.78 is 10.8. The molecule has 1 unspecified atom stereocenters. The van der Waals surface area contributed by atoms with Crippen LogP contribution in [-0.2, 0) is 14.3 Å². The van der Waals surface area contributed by atoms with Crippen LogP contribution < -0.4 is 0 Å². The molecule has 0 saturated carbocycles. The van der Waals surface area contributed by atoms with Gasteiger partial charge in [0.1, 0.15) is 6.04 Å². The minimum atomic E-state index is -0.601. The van der Waals surface area contributed by atoms with Crippen LogP contribution in [0.5, 0.6) is 0 Å². The van der Waals surface area contributed by atoms with Gasteiger partial charge in [-0.15, -0.1) is 0 Å². The van der Waals surface area contributed by atoms with Crippen LogP contribution in [0.3, 0.4) is 0 Å². The van der Waals surface area contributed by atoms with E-state index in [0.717, 1.165) is 38.5 Å². The molecule has 0 aliphatic heterocycles. The first-order valence-corrected chi connectivity index (χ1v) is 12.5. The lowest BCUT2D eigenvalue weighted by molar-refractivity contribution is -0.150. The van der Waals surface area contributed by atoms with Gasteiger partial charge in [0.2, 0.25) is 0 Å². The van der Waals surface area contributed by atoms with Gasteiger partial charge in [0.25, 0.3) is 0 Å². The molecule has 0 rings (SSSR count). The first kappa shape index (κ1) is 28.7. The summed E-state index contributed by atoms with van der Waals surface area (Å²) in [6.07, 6.45) is 16.2. The zero-order chi connectivity index (χ0) is 22.6. The average molecular weight is 428 g/mol. The van der Waals surface area contributed by atoms with Crippen LogP contribution in [0, 0.1) is 5.92 Å². The number of hydrogen-bond donors (Lipinski definition) is 0. The first-order valence-electron chi connectivity index (χ1n) is 12.5. The quantitative estimate of drug-likeness (QED) is 0.163. The van der Waals surface area contributed by atoms with Crippen LogP contribution in [0.15, 0.2) is 0 Å². The van der Waals surface area contributed by atoms with E-state index in [4.69, 9.17) is 9.47 Å². The third-order valence-electron chi connectivity index (χ3n) is 5.54. The van der Waals surface area contributed by atoms with Gasteiger partial charge >= 0.3 is 12.1 Å². The van der Waals surface area contributed by atoms with Gasteiger partial charge in [-0.1, -0.05) is 105 Å². The molecule has 30 heavy (non-hydrogen) atoms. The van der Waals surface area contributed by atoms with Gasteiger partial charge in [-0.2, -0.15) is 0 Å². The van der Waals surface area contributed by atoms with Crippen LogP contribution in [0.1, 0.15) is 118 Å². The summed E-state index contributed by atoms with van der Waals surface area (Å²) in [7, 11) is 1.63. The van der Waals surface area contributed by atoms with Crippen LogP contribution >= 0.6 is 0 Å². The highest BCUT2D eigenvalue weighted by Crippen LogP contribution is 2.14. The number of nitrogens with zero attached hydrogens (tertiary/aromatic N) is 1. The Kier molecular flexibility index (Phi) is 18.9. The van der Waals surface area contributed by atoms with Crippen molar-refractivity contribution in [1.29, 1.82) is 0 Å². The molecule has 0 saturated heterocycles. The van der Waals surface area contributed by atoms with E-state index in [0.29, 0.717) is 13.2 Å². The molecule has 0 heterocycles. The largest absolute Gasteiger partial charge is 0.464 e. The Morgan fingerprint density at radius 2 is 1.07 bits per heavy atom. The standard InChI is InChI=1S/C25H49NO4/c1-6-8-10-12-13-14-15-16-17-19-20-29-24(27)23(22(3)4)26(5)25(28)30-21-18-11-9-7-2/h22-23H,6-21H2,1-5H3. The molecule has 0 aromatic carbocycles. The second-order valence-corrected chi connectivity index (χ2v) is 8.82. The van der Waals surface area contributed by atoms with Crippen molar-refractivity contribution in [2.75, 3.05) is 20.3 Å². The summed E-state index contributed by atoms with van der Waals surface area (Å²) in [5.41, 5.74) is 0. The summed E-state index contributed by atoms with van der Waals surface area (Å²) >= 11 is 0. The van der Waals surface area contributed by atoms with Crippen LogP contribution in [0.25, 0.3) is 0 Å². The molecule has 0 aromatic heterocycles. The number of ether oxygens (including phenoxy) is 2. The molecule has 0 bridgehead atoms. The lowest BCUT2D eigenvalue weighted by atomic mass is 10.0. The molecule has 0 fully saturated rings. The molecule has 5 heteroatoms. The van der Waals surface area contributed by atoms with E-state index in [1.807, 2.05) is 13.8 Å². The van der Waals surface area contributed by atoms with Crippen molar-refractivity contribution in [2.45, 2.75) is 124 Å². The fourth-order valence-electron chi connectivity index (χ4n) is 3.63. The smallest absolute Gasteiger partial charge is 0.410 e. The predicted octanol–water partition coefficient (Wildman–Crippen LogP) is 7.12. The van der Waals surface area contributed by atoms with Gasteiger partial charge in [-0.25, -0.2) is 9.59 Å². The van der Waals surface area contributed by atoms with Gasteiger partial charge in [-0.3, -0.25) is 4.90 Å². The maximum atomic E-state index is 12.5. The van der Waals surface area contributed by atoms with Gasteiger partial charge in [0.15, 0.2) is 0 Å². The fraction of sp³-hybridized carbons (Fsp3) is 0.920. The van der Waals surface area contributed by atoms with Gasteiger partial charge in [0.05, 0.1) is 13.2 Å². The Bertz CT molecular complexity index is 425. The first-order chi connectivity index (χ1) is 14.5. The van der Waals surface area contributed by atoms with E-state index in [9.17, 15) is 9.59 Å². The topological polar surface area (TPSA) is 55.8 Å². The number of amides is 1. The minimum Gasteiger partial charge on any atom is -0.464 e. The molecule has 0 aromatic rings. The highest BCUT2D eigenvalue weighted by molar-refractivity contribution is 5.81. The van der Waals surface area contributed by atoms with Gasteiger partial charge in [0, 0.05) is 7.05 Å². The Hall–Kier alpha value is -1.26. The third-order valence-corrected chi connectivity index (χ3v) is 5.54. The molecule has 5 nitrogen and oxygen atoms in total. The third kappa shape index (κ3) is 14.7. The van der Waals surface area contributed by atoms with Crippen molar-refractivity contribution in [3.8, 4) is 0 Å². The van der Waals surface area contributed by atoms with Crippen LogP contribution in [0.4, 0.5) is 4.79 Å². The van der Waals surface area contributed by atoms with Crippen molar-refractivity contribution in [1.82, 2.24) is 4.90 Å². The van der Waals surface area contributed by atoms with Crippen molar-refractivity contribution >= 4 is 12.1 Å². The molecular formula is C25H49NO4. The zero-order valence-electron chi connectivity index (χ0n) is 20.5. The fourth-order valence-corrected chi connectivity index (χ4v) is 3.63. The average Bonchev–Trinajstić information content (AvgIpc) is 2.71. The molecule has 1 amide bonds. The molecule has 1 atom stereocenters. The zero-order valence-corrected chi connectivity index (χ0v) is 20.5. The Labute approximate surface area is 186 Å². The summed E-state index contributed by atoms with van der Waals surface area (Å²) in [5.74, 6) is -0.353. The summed E-state index contributed by atoms with van der Waals surface area (Å²) in [6.45, 7) is 9.08. The molecule has 178 valence electrons. The highest BCUT2D eigenvalue weighted by atomic mass is 16.6. The highest BCUT2D eigenvalue weighted by Gasteiger charge is 2.32. The maximum Gasteiger partial charge on any atom is 0.410 e. The van der Waals surface area contributed by atoms with Crippen molar-refractivity contribution in [2.24, 2.45) is 5.92 Å². The van der Waals surface area contributed by atoms with E-state index in [1.54, 1.807) is 7.05 Å². The molecular weight excluding hydrogens is 378 g/mol. The lowest BCUT2D eigenvalue weighted by Gasteiger charge is -2.28. The second kappa shape index (κ2) is 19.7. The molecule has 0 aliphatic rings. The van der Waals surface area contributed by atoms with Crippen molar-refractivity contribution in [3.63, 3.8) is 0 Å².